The van der Waals surface area contributed by atoms with E-state index in [0.29, 0.717) is 16.5 Å². The Morgan fingerprint density at radius 3 is 2.23 bits per heavy atom. The topological polar surface area (TPSA) is 40.5 Å². The average Bonchev–Trinajstić information content (AvgIpc) is 2.50. The molecule has 2 aromatic rings. The van der Waals surface area contributed by atoms with Gasteiger partial charge in [0.05, 0.1) is 0 Å². The Kier molecular flexibility index (Phi) is 5.51. The van der Waals surface area contributed by atoms with Crippen molar-refractivity contribution < 1.29 is 9.47 Å². The molecule has 0 saturated heterocycles. The second-order valence-corrected chi connectivity index (χ2v) is 5.05. The first kappa shape index (κ1) is 16.0. The van der Waals surface area contributed by atoms with Crippen LogP contribution < -0.4 is 15.0 Å². The molecular formula is C17H16ClNO3. The molecule has 22 heavy (non-hydrogen) atoms. The fourth-order valence-electron chi connectivity index (χ4n) is 1.69. The number of nitrogens with zero attached hydrogens (tertiary/aromatic N) is 1. The van der Waals surface area contributed by atoms with Gasteiger partial charge in [-0.25, -0.2) is 0 Å². The highest BCUT2D eigenvalue weighted by molar-refractivity contribution is 6.30. The second-order valence-electron chi connectivity index (χ2n) is 4.61. The molecule has 0 radical (unpaired) electrons. The van der Waals surface area contributed by atoms with Crippen molar-refractivity contribution in [1.29, 1.82) is 0 Å². The summed E-state index contributed by atoms with van der Waals surface area (Å²) in [7, 11) is 1.72. The third-order valence-electron chi connectivity index (χ3n) is 3.04. The van der Waals surface area contributed by atoms with Gasteiger partial charge in [-0.3, -0.25) is 4.79 Å². The molecular weight excluding hydrogens is 302 g/mol. The van der Waals surface area contributed by atoms with Gasteiger partial charge in [-0.1, -0.05) is 23.4 Å². The van der Waals surface area contributed by atoms with E-state index in [1.165, 1.54) is 6.07 Å². The van der Waals surface area contributed by atoms with Crippen molar-refractivity contribution in [1.82, 2.24) is 4.57 Å². The van der Waals surface area contributed by atoms with Crippen molar-refractivity contribution in [3.8, 4) is 23.3 Å². The summed E-state index contributed by atoms with van der Waals surface area (Å²) in [6.45, 7) is 2.32. The summed E-state index contributed by atoms with van der Waals surface area (Å²) >= 11 is 5.78. The summed E-state index contributed by atoms with van der Waals surface area (Å²) in [5.74, 6) is 6.91. The maximum atomic E-state index is 11.6. The molecule has 0 aliphatic heterocycles. The van der Waals surface area contributed by atoms with E-state index in [9.17, 15) is 4.79 Å². The lowest BCUT2D eigenvalue weighted by Gasteiger charge is -2.06. The summed E-state index contributed by atoms with van der Waals surface area (Å²) < 4.78 is 12.4. The first-order valence-electron chi connectivity index (χ1n) is 6.71. The third-order valence-corrected chi connectivity index (χ3v) is 3.29. The lowest BCUT2D eigenvalue weighted by molar-refractivity contribution is 0.361. The maximum Gasteiger partial charge on any atom is 0.254 e. The minimum Gasteiger partial charge on any atom is -0.481 e. The number of aromatic nitrogens is 1. The van der Waals surface area contributed by atoms with Gasteiger partial charge < -0.3 is 14.0 Å². The van der Waals surface area contributed by atoms with Gasteiger partial charge in [-0.15, -0.1) is 0 Å². The first-order valence-corrected chi connectivity index (χ1v) is 7.08. The summed E-state index contributed by atoms with van der Waals surface area (Å²) in [5, 5.41) is 0.663. The summed E-state index contributed by atoms with van der Waals surface area (Å²) in [6, 6.07) is 10.3. The lowest BCUT2D eigenvalue weighted by Crippen LogP contribution is -2.18. The number of benzene rings is 1. The highest BCUT2D eigenvalue weighted by Crippen LogP contribution is 2.15. The van der Waals surface area contributed by atoms with Crippen LogP contribution in [-0.2, 0) is 7.05 Å². The summed E-state index contributed by atoms with van der Waals surface area (Å²) in [4.78, 5) is 11.6. The van der Waals surface area contributed by atoms with Crippen LogP contribution in [0.15, 0.2) is 41.2 Å². The zero-order chi connectivity index (χ0) is 15.9. The monoisotopic (exact) mass is 317 g/mol. The fourth-order valence-corrected chi connectivity index (χ4v) is 1.82. The molecule has 1 aromatic carbocycles. The van der Waals surface area contributed by atoms with Crippen LogP contribution in [0.25, 0.3) is 0 Å². The molecule has 4 nitrogen and oxygen atoms in total. The molecule has 114 valence electrons. The highest BCUT2D eigenvalue weighted by atomic mass is 35.5. The Morgan fingerprint density at radius 2 is 1.64 bits per heavy atom. The Labute approximate surface area is 134 Å². The smallest absolute Gasteiger partial charge is 0.254 e. The molecule has 0 aliphatic carbocycles. The Morgan fingerprint density at radius 1 is 1.05 bits per heavy atom. The SMILES string of the molecule is Cc1cc(OCC#CCOc2ccc(Cl)cc2)cc(=O)n1C. The van der Waals surface area contributed by atoms with E-state index in [-0.39, 0.29) is 18.8 Å². The minimum atomic E-state index is -0.103. The van der Waals surface area contributed by atoms with Crippen LogP contribution in [0.1, 0.15) is 5.69 Å². The Balaban J connectivity index is 1.80. The fraction of sp³-hybridized carbons (Fsp3) is 0.235. The first-order chi connectivity index (χ1) is 10.6. The van der Waals surface area contributed by atoms with Crippen LogP contribution in [0.2, 0.25) is 5.02 Å². The van der Waals surface area contributed by atoms with Gasteiger partial charge in [0.2, 0.25) is 0 Å². The molecule has 0 unspecified atom stereocenters. The molecule has 0 fully saturated rings. The van der Waals surface area contributed by atoms with Crippen LogP contribution >= 0.6 is 11.6 Å². The van der Waals surface area contributed by atoms with Crippen molar-refractivity contribution in [2.45, 2.75) is 6.92 Å². The predicted molar refractivity (Wildman–Crippen MR) is 86.6 cm³/mol. The zero-order valence-corrected chi connectivity index (χ0v) is 13.2. The quantitative estimate of drug-likeness (QED) is 0.814. The molecule has 0 amide bonds. The molecule has 2 rings (SSSR count). The van der Waals surface area contributed by atoms with Gasteiger partial charge >= 0.3 is 0 Å². The molecule has 0 aliphatic rings. The molecule has 5 heteroatoms. The summed E-state index contributed by atoms with van der Waals surface area (Å²) in [6.07, 6.45) is 0. The molecule has 1 heterocycles. The van der Waals surface area contributed by atoms with E-state index < -0.39 is 0 Å². The van der Waals surface area contributed by atoms with Gasteiger partial charge in [0, 0.05) is 23.8 Å². The second kappa shape index (κ2) is 7.58. The Bertz CT molecular complexity index is 754. The van der Waals surface area contributed by atoms with E-state index >= 15 is 0 Å². The number of hydrogen-bond donors (Lipinski definition) is 0. The van der Waals surface area contributed by atoms with Crippen LogP contribution in [-0.4, -0.2) is 17.8 Å². The Hall–Kier alpha value is -2.38. The molecule has 0 spiro atoms. The van der Waals surface area contributed by atoms with Crippen LogP contribution in [0.4, 0.5) is 0 Å². The number of hydrogen-bond acceptors (Lipinski definition) is 3. The van der Waals surface area contributed by atoms with Crippen molar-refractivity contribution in [2.24, 2.45) is 7.05 Å². The van der Waals surface area contributed by atoms with Gasteiger partial charge in [-0.2, -0.15) is 0 Å². The largest absolute Gasteiger partial charge is 0.481 e. The van der Waals surface area contributed by atoms with Crippen molar-refractivity contribution in [3.63, 3.8) is 0 Å². The van der Waals surface area contributed by atoms with Crippen LogP contribution in [0.3, 0.4) is 0 Å². The number of aryl methyl sites for hydroxylation is 1. The number of pyridine rings is 1. The van der Waals surface area contributed by atoms with E-state index in [1.54, 1.807) is 41.9 Å². The molecule has 0 saturated carbocycles. The number of ether oxygens (including phenoxy) is 2. The molecule has 1 aromatic heterocycles. The minimum absolute atomic E-state index is 0.103. The lowest BCUT2D eigenvalue weighted by atomic mass is 10.3. The van der Waals surface area contributed by atoms with E-state index in [1.807, 2.05) is 6.92 Å². The van der Waals surface area contributed by atoms with Crippen LogP contribution in [0, 0.1) is 18.8 Å². The van der Waals surface area contributed by atoms with Gasteiger partial charge in [0.25, 0.3) is 5.56 Å². The van der Waals surface area contributed by atoms with Crippen molar-refractivity contribution in [3.05, 3.63) is 57.5 Å². The van der Waals surface area contributed by atoms with E-state index in [0.717, 1.165) is 5.69 Å². The van der Waals surface area contributed by atoms with Gasteiger partial charge in [0.1, 0.15) is 24.7 Å². The molecule has 0 bridgehead atoms. The van der Waals surface area contributed by atoms with Gasteiger partial charge in [0.15, 0.2) is 0 Å². The zero-order valence-electron chi connectivity index (χ0n) is 12.4. The van der Waals surface area contributed by atoms with Crippen LogP contribution in [0.5, 0.6) is 11.5 Å². The maximum absolute atomic E-state index is 11.6. The predicted octanol–water partition coefficient (Wildman–Crippen LogP) is 2.81. The third kappa shape index (κ3) is 4.57. The van der Waals surface area contributed by atoms with E-state index in [2.05, 4.69) is 11.8 Å². The normalized spacial score (nSPS) is 9.77. The average molecular weight is 318 g/mol. The standard InChI is InChI=1S/C17H16ClNO3/c1-13-11-16(12-17(20)19(13)2)22-10-4-3-9-21-15-7-5-14(18)6-8-15/h5-8,11-12H,9-10H2,1-2H3. The highest BCUT2D eigenvalue weighted by Gasteiger charge is 1.99. The van der Waals surface area contributed by atoms with Crippen molar-refractivity contribution >= 4 is 11.6 Å². The van der Waals surface area contributed by atoms with Crippen molar-refractivity contribution in [2.75, 3.05) is 13.2 Å². The summed E-state index contributed by atoms with van der Waals surface area (Å²) in [5.41, 5.74) is 0.732. The molecule has 0 atom stereocenters. The molecule has 0 N–H and O–H groups in total. The number of rotatable bonds is 4. The number of halogens is 1. The van der Waals surface area contributed by atoms with E-state index in [4.69, 9.17) is 21.1 Å². The van der Waals surface area contributed by atoms with Gasteiger partial charge in [-0.05, 0) is 37.3 Å².